The van der Waals surface area contributed by atoms with Crippen molar-refractivity contribution in [2.75, 3.05) is 30.3 Å². The van der Waals surface area contributed by atoms with Gasteiger partial charge in [0.05, 0.1) is 0 Å². The van der Waals surface area contributed by atoms with E-state index < -0.39 is 0 Å². The number of carbonyl (C=O) groups is 1. The van der Waals surface area contributed by atoms with Crippen molar-refractivity contribution in [3.63, 3.8) is 0 Å². The van der Waals surface area contributed by atoms with E-state index in [9.17, 15) is 4.79 Å². The predicted molar refractivity (Wildman–Crippen MR) is 86.6 cm³/mol. The van der Waals surface area contributed by atoms with E-state index in [1.54, 1.807) is 0 Å². The van der Waals surface area contributed by atoms with Gasteiger partial charge in [-0.3, -0.25) is 4.79 Å². The fourth-order valence-electron chi connectivity index (χ4n) is 2.87. The number of nitrogens with one attached hydrogen (secondary N) is 2. The van der Waals surface area contributed by atoms with Gasteiger partial charge in [0.15, 0.2) is 0 Å². The van der Waals surface area contributed by atoms with Crippen LogP contribution in [0.4, 0.5) is 11.4 Å². The minimum Gasteiger partial charge on any atom is -0.382 e. The van der Waals surface area contributed by atoms with Crippen LogP contribution in [0.1, 0.15) is 32.6 Å². The van der Waals surface area contributed by atoms with E-state index in [1.807, 2.05) is 12.1 Å². The summed E-state index contributed by atoms with van der Waals surface area (Å²) >= 11 is 0. The second kappa shape index (κ2) is 6.48. The molecular formula is C17H25N3O. The maximum absolute atomic E-state index is 11.7. The number of anilines is 2. The SMILES string of the molecule is CCN1CCC(Nc2ccc(NC(=O)C3CC3)cc2)CC1. The first kappa shape index (κ1) is 14.4. The largest absolute Gasteiger partial charge is 0.382 e. The van der Waals surface area contributed by atoms with Gasteiger partial charge in [-0.25, -0.2) is 0 Å². The summed E-state index contributed by atoms with van der Waals surface area (Å²) < 4.78 is 0. The van der Waals surface area contributed by atoms with Crippen LogP contribution in [0.5, 0.6) is 0 Å². The third kappa shape index (κ3) is 3.97. The molecule has 0 bridgehead atoms. The number of hydrogen-bond acceptors (Lipinski definition) is 3. The fourth-order valence-corrected chi connectivity index (χ4v) is 2.87. The van der Waals surface area contributed by atoms with Crippen molar-refractivity contribution in [3.05, 3.63) is 24.3 Å². The highest BCUT2D eigenvalue weighted by Gasteiger charge is 2.29. The van der Waals surface area contributed by atoms with Crippen LogP contribution in [0.3, 0.4) is 0 Å². The van der Waals surface area contributed by atoms with Gasteiger partial charge in [-0.2, -0.15) is 0 Å². The summed E-state index contributed by atoms with van der Waals surface area (Å²) in [5.74, 6) is 0.425. The summed E-state index contributed by atoms with van der Waals surface area (Å²) in [4.78, 5) is 14.2. The number of rotatable bonds is 5. The summed E-state index contributed by atoms with van der Waals surface area (Å²) in [6.07, 6.45) is 4.49. The zero-order valence-electron chi connectivity index (χ0n) is 12.8. The molecule has 2 aliphatic rings. The number of amides is 1. The van der Waals surface area contributed by atoms with Crippen LogP contribution in [0.2, 0.25) is 0 Å². The van der Waals surface area contributed by atoms with Crippen molar-refractivity contribution in [2.45, 2.75) is 38.6 Å². The molecule has 0 spiro atoms. The zero-order chi connectivity index (χ0) is 14.7. The highest BCUT2D eigenvalue weighted by molar-refractivity contribution is 5.94. The molecule has 2 fully saturated rings. The molecule has 0 aromatic heterocycles. The van der Waals surface area contributed by atoms with Crippen LogP contribution in [0.25, 0.3) is 0 Å². The fraction of sp³-hybridized carbons (Fsp3) is 0.588. The van der Waals surface area contributed by atoms with Crippen molar-refractivity contribution in [2.24, 2.45) is 5.92 Å². The lowest BCUT2D eigenvalue weighted by Crippen LogP contribution is -2.38. The Hall–Kier alpha value is -1.55. The number of piperidine rings is 1. The smallest absolute Gasteiger partial charge is 0.227 e. The first-order valence-corrected chi connectivity index (χ1v) is 8.14. The van der Waals surface area contributed by atoms with Gasteiger partial charge in [0.2, 0.25) is 5.91 Å². The molecule has 114 valence electrons. The van der Waals surface area contributed by atoms with Gasteiger partial charge in [-0.15, -0.1) is 0 Å². The summed E-state index contributed by atoms with van der Waals surface area (Å²) in [5.41, 5.74) is 2.05. The van der Waals surface area contributed by atoms with E-state index in [2.05, 4.69) is 34.6 Å². The van der Waals surface area contributed by atoms with Gasteiger partial charge < -0.3 is 15.5 Å². The minimum atomic E-state index is 0.169. The van der Waals surface area contributed by atoms with Gasteiger partial charge in [0.1, 0.15) is 0 Å². The molecule has 3 rings (SSSR count). The van der Waals surface area contributed by atoms with Crippen molar-refractivity contribution in [3.8, 4) is 0 Å². The summed E-state index contributed by atoms with van der Waals surface area (Å²) in [7, 11) is 0. The monoisotopic (exact) mass is 287 g/mol. The maximum Gasteiger partial charge on any atom is 0.227 e. The van der Waals surface area contributed by atoms with Crippen LogP contribution in [0, 0.1) is 5.92 Å². The summed E-state index contributed by atoms with van der Waals surface area (Å²) in [5, 5.41) is 6.58. The van der Waals surface area contributed by atoms with Crippen LogP contribution in [-0.2, 0) is 4.79 Å². The van der Waals surface area contributed by atoms with E-state index in [0.717, 1.165) is 30.8 Å². The quantitative estimate of drug-likeness (QED) is 0.875. The molecule has 1 saturated heterocycles. The Balaban J connectivity index is 1.49. The lowest BCUT2D eigenvalue weighted by molar-refractivity contribution is -0.117. The lowest BCUT2D eigenvalue weighted by atomic mass is 10.0. The molecule has 4 heteroatoms. The molecule has 4 nitrogen and oxygen atoms in total. The molecule has 1 aliphatic carbocycles. The highest BCUT2D eigenvalue weighted by Crippen LogP contribution is 2.30. The van der Waals surface area contributed by atoms with Crippen LogP contribution in [0.15, 0.2) is 24.3 Å². The van der Waals surface area contributed by atoms with E-state index >= 15 is 0 Å². The maximum atomic E-state index is 11.7. The van der Waals surface area contributed by atoms with Gasteiger partial charge >= 0.3 is 0 Å². The molecule has 0 radical (unpaired) electrons. The molecule has 1 amide bonds. The Morgan fingerprint density at radius 3 is 2.29 bits per heavy atom. The third-order valence-corrected chi connectivity index (χ3v) is 4.51. The molecule has 21 heavy (non-hydrogen) atoms. The number of likely N-dealkylation sites (tertiary alicyclic amines) is 1. The van der Waals surface area contributed by atoms with Gasteiger partial charge in [-0.05, 0) is 56.5 Å². The summed E-state index contributed by atoms with van der Waals surface area (Å²) in [6, 6.07) is 8.68. The first-order chi connectivity index (χ1) is 10.2. The van der Waals surface area contributed by atoms with Crippen molar-refractivity contribution >= 4 is 17.3 Å². The number of carbonyl (C=O) groups excluding carboxylic acids is 1. The van der Waals surface area contributed by atoms with Crippen molar-refractivity contribution in [1.82, 2.24) is 4.90 Å². The van der Waals surface area contributed by atoms with Crippen molar-refractivity contribution < 1.29 is 4.79 Å². The van der Waals surface area contributed by atoms with Crippen LogP contribution >= 0.6 is 0 Å². The molecule has 0 atom stereocenters. The summed E-state index contributed by atoms with van der Waals surface area (Å²) in [6.45, 7) is 5.75. The van der Waals surface area contributed by atoms with Crippen LogP contribution < -0.4 is 10.6 Å². The molecular weight excluding hydrogens is 262 g/mol. The van der Waals surface area contributed by atoms with E-state index in [4.69, 9.17) is 0 Å². The average molecular weight is 287 g/mol. The minimum absolute atomic E-state index is 0.169. The lowest BCUT2D eigenvalue weighted by Gasteiger charge is -2.32. The Kier molecular flexibility index (Phi) is 4.44. The van der Waals surface area contributed by atoms with E-state index in [1.165, 1.54) is 25.9 Å². The first-order valence-electron chi connectivity index (χ1n) is 8.14. The molecule has 1 aromatic rings. The number of hydrogen-bond donors (Lipinski definition) is 2. The van der Waals surface area contributed by atoms with Crippen molar-refractivity contribution in [1.29, 1.82) is 0 Å². The molecule has 1 heterocycles. The normalized spacial score (nSPS) is 20.2. The molecule has 1 saturated carbocycles. The number of benzene rings is 1. The van der Waals surface area contributed by atoms with E-state index in [-0.39, 0.29) is 11.8 Å². The molecule has 1 aromatic carbocycles. The highest BCUT2D eigenvalue weighted by atomic mass is 16.2. The predicted octanol–water partition coefficient (Wildman–Crippen LogP) is 2.93. The Morgan fingerprint density at radius 2 is 1.71 bits per heavy atom. The molecule has 1 aliphatic heterocycles. The number of nitrogens with zero attached hydrogens (tertiary/aromatic N) is 1. The van der Waals surface area contributed by atoms with Gasteiger partial charge in [0.25, 0.3) is 0 Å². The topological polar surface area (TPSA) is 44.4 Å². The van der Waals surface area contributed by atoms with Crippen LogP contribution in [-0.4, -0.2) is 36.5 Å². The Bertz CT molecular complexity index is 473. The molecule has 2 N–H and O–H groups in total. The van der Waals surface area contributed by atoms with Gasteiger partial charge in [-0.1, -0.05) is 6.92 Å². The third-order valence-electron chi connectivity index (χ3n) is 4.51. The van der Waals surface area contributed by atoms with Gasteiger partial charge in [0, 0.05) is 36.4 Å². The zero-order valence-corrected chi connectivity index (χ0v) is 12.8. The molecule has 0 unspecified atom stereocenters. The Labute approximate surface area is 126 Å². The standard InChI is InChI=1S/C17H25N3O/c1-2-20-11-9-16(10-12-20)18-14-5-7-15(8-6-14)19-17(21)13-3-4-13/h5-8,13,16,18H,2-4,9-12H2,1H3,(H,19,21). The second-order valence-corrected chi connectivity index (χ2v) is 6.19. The average Bonchev–Trinajstić information content (AvgIpc) is 3.35. The Morgan fingerprint density at radius 1 is 1.10 bits per heavy atom. The van der Waals surface area contributed by atoms with E-state index in [0.29, 0.717) is 6.04 Å². The second-order valence-electron chi connectivity index (χ2n) is 6.19.